The van der Waals surface area contributed by atoms with Gasteiger partial charge in [-0.3, -0.25) is 9.10 Å². The Balaban J connectivity index is 2.10. The number of ether oxygens (including phenoxy) is 1. The molecule has 0 aromatic carbocycles. The standard InChI is InChI=1S/C13H21NO4S/c1-18-13(15)8-10-19(16,17)14-9-4-6-11-5-2-3-7-12(11)14/h7,11H,2-6,8-10H2,1H3. The van der Waals surface area contributed by atoms with Crippen molar-refractivity contribution < 1.29 is 17.9 Å². The molecule has 0 bridgehead atoms. The first-order chi connectivity index (χ1) is 9.04. The fourth-order valence-electron chi connectivity index (χ4n) is 2.86. The molecule has 0 spiro atoms. The van der Waals surface area contributed by atoms with Gasteiger partial charge in [-0.05, 0) is 38.0 Å². The molecular weight excluding hydrogens is 266 g/mol. The zero-order valence-electron chi connectivity index (χ0n) is 11.3. The number of esters is 1. The molecule has 0 aromatic rings. The Bertz CT molecular complexity index is 469. The van der Waals surface area contributed by atoms with Crippen molar-refractivity contribution in [2.24, 2.45) is 5.92 Å². The third-order valence-electron chi connectivity index (χ3n) is 3.86. The Kier molecular flexibility index (Phi) is 4.50. The van der Waals surface area contributed by atoms with Crippen LogP contribution in [0.2, 0.25) is 0 Å². The molecule has 1 fully saturated rings. The van der Waals surface area contributed by atoms with Crippen molar-refractivity contribution in [3.8, 4) is 0 Å². The third kappa shape index (κ3) is 3.29. The summed E-state index contributed by atoms with van der Waals surface area (Å²) in [6, 6.07) is 0. The summed E-state index contributed by atoms with van der Waals surface area (Å²) in [5.41, 5.74) is 0.961. The zero-order valence-corrected chi connectivity index (χ0v) is 12.1. The number of carbonyl (C=O) groups excluding carboxylic acids is 1. The van der Waals surface area contributed by atoms with E-state index >= 15 is 0 Å². The summed E-state index contributed by atoms with van der Waals surface area (Å²) in [5, 5.41) is 0. The maximum Gasteiger partial charge on any atom is 0.306 e. The number of allylic oxidation sites excluding steroid dienone is 2. The van der Waals surface area contributed by atoms with Crippen LogP contribution in [-0.4, -0.2) is 38.1 Å². The summed E-state index contributed by atoms with van der Waals surface area (Å²) >= 11 is 0. The molecule has 19 heavy (non-hydrogen) atoms. The van der Waals surface area contributed by atoms with Crippen LogP contribution < -0.4 is 0 Å². The van der Waals surface area contributed by atoms with E-state index < -0.39 is 16.0 Å². The van der Waals surface area contributed by atoms with E-state index in [9.17, 15) is 13.2 Å². The maximum atomic E-state index is 12.3. The van der Waals surface area contributed by atoms with Crippen molar-refractivity contribution in [3.05, 3.63) is 11.8 Å². The lowest BCUT2D eigenvalue weighted by atomic mass is 9.86. The van der Waals surface area contributed by atoms with Gasteiger partial charge in [0.2, 0.25) is 10.0 Å². The number of carbonyl (C=O) groups is 1. The highest BCUT2D eigenvalue weighted by atomic mass is 32.2. The molecule has 0 amide bonds. The molecule has 1 unspecified atom stereocenters. The molecule has 1 aliphatic heterocycles. The topological polar surface area (TPSA) is 63.7 Å². The number of methoxy groups -OCH3 is 1. The fourth-order valence-corrected chi connectivity index (χ4v) is 4.46. The van der Waals surface area contributed by atoms with Crippen molar-refractivity contribution in [3.63, 3.8) is 0 Å². The van der Waals surface area contributed by atoms with Gasteiger partial charge >= 0.3 is 5.97 Å². The van der Waals surface area contributed by atoms with Crippen LogP contribution in [0.4, 0.5) is 0 Å². The quantitative estimate of drug-likeness (QED) is 0.738. The molecule has 1 heterocycles. The molecule has 2 rings (SSSR count). The molecule has 108 valence electrons. The predicted octanol–water partition coefficient (Wildman–Crippen LogP) is 1.66. The smallest absolute Gasteiger partial charge is 0.306 e. The number of fused-ring (bicyclic) bond motifs is 1. The minimum atomic E-state index is -3.39. The molecule has 5 nitrogen and oxygen atoms in total. The van der Waals surface area contributed by atoms with E-state index in [1.807, 2.05) is 0 Å². The van der Waals surface area contributed by atoms with Gasteiger partial charge in [0, 0.05) is 12.2 Å². The average molecular weight is 287 g/mol. The lowest BCUT2D eigenvalue weighted by molar-refractivity contribution is -0.140. The molecule has 0 aromatic heterocycles. The number of nitrogens with zero attached hydrogens (tertiary/aromatic N) is 1. The molecule has 2 aliphatic rings. The van der Waals surface area contributed by atoms with Crippen LogP contribution in [0.15, 0.2) is 11.8 Å². The number of hydrogen-bond acceptors (Lipinski definition) is 4. The van der Waals surface area contributed by atoms with E-state index in [2.05, 4.69) is 10.8 Å². The summed E-state index contributed by atoms with van der Waals surface area (Å²) in [6.07, 6.45) is 7.14. The molecule has 0 N–H and O–H groups in total. The number of sulfonamides is 1. The second kappa shape index (κ2) is 5.94. The predicted molar refractivity (Wildman–Crippen MR) is 71.8 cm³/mol. The zero-order chi connectivity index (χ0) is 13.9. The van der Waals surface area contributed by atoms with Crippen LogP contribution >= 0.6 is 0 Å². The molecule has 0 saturated carbocycles. The summed E-state index contributed by atoms with van der Waals surface area (Å²) in [6.45, 7) is 0.547. The molecule has 1 aliphatic carbocycles. The highest BCUT2D eigenvalue weighted by Crippen LogP contribution is 2.36. The van der Waals surface area contributed by atoms with Crippen LogP contribution in [0.3, 0.4) is 0 Å². The monoisotopic (exact) mass is 287 g/mol. The van der Waals surface area contributed by atoms with Gasteiger partial charge in [-0.25, -0.2) is 8.42 Å². The molecule has 1 atom stereocenters. The van der Waals surface area contributed by atoms with Gasteiger partial charge in [0.15, 0.2) is 0 Å². The van der Waals surface area contributed by atoms with Gasteiger partial charge in [0.05, 0.1) is 19.3 Å². The first-order valence-corrected chi connectivity index (χ1v) is 8.43. The summed E-state index contributed by atoms with van der Waals surface area (Å²) in [5.74, 6) is -0.255. The summed E-state index contributed by atoms with van der Waals surface area (Å²) in [7, 11) is -2.12. The van der Waals surface area contributed by atoms with E-state index in [-0.39, 0.29) is 12.2 Å². The highest BCUT2D eigenvalue weighted by molar-refractivity contribution is 7.89. The fraction of sp³-hybridized carbons (Fsp3) is 0.769. The van der Waals surface area contributed by atoms with Gasteiger partial charge in [0.1, 0.15) is 0 Å². The first-order valence-electron chi connectivity index (χ1n) is 6.82. The molecule has 6 heteroatoms. The number of piperidine rings is 1. The van der Waals surface area contributed by atoms with E-state index in [0.29, 0.717) is 12.5 Å². The van der Waals surface area contributed by atoms with Crippen LogP contribution in [-0.2, 0) is 19.6 Å². The van der Waals surface area contributed by atoms with Crippen LogP contribution in [0, 0.1) is 5.92 Å². The summed E-state index contributed by atoms with van der Waals surface area (Å²) in [4.78, 5) is 11.1. The Morgan fingerprint density at radius 2 is 2.16 bits per heavy atom. The summed E-state index contributed by atoms with van der Waals surface area (Å²) < 4.78 is 30.7. The van der Waals surface area contributed by atoms with Gasteiger partial charge in [-0.15, -0.1) is 0 Å². The highest BCUT2D eigenvalue weighted by Gasteiger charge is 2.33. The minimum Gasteiger partial charge on any atom is -0.469 e. The van der Waals surface area contributed by atoms with Crippen LogP contribution in [0.1, 0.15) is 38.5 Å². The Morgan fingerprint density at radius 1 is 1.42 bits per heavy atom. The van der Waals surface area contributed by atoms with Gasteiger partial charge in [-0.2, -0.15) is 0 Å². The number of rotatable bonds is 4. The second-order valence-electron chi connectivity index (χ2n) is 5.11. The van der Waals surface area contributed by atoms with Gasteiger partial charge in [-0.1, -0.05) is 6.08 Å². The van der Waals surface area contributed by atoms with Crippen LogP contribution in [0.5, 0.6) is 0 Å². The van der Waals surface area contributed by atoms with Crippen molar-refractivity contribution >= 4 is 16.0 Å². The Hall–Kier alpha value is -1.04. The lowest BCUT2D eigenvalue weighted by Crippen LogP contribution is -2.40. The van der Waals surface area contributed by atoms with Gasteiger partial charge < -0.3 is 4.74 Å². The van der Waals surface area contributed by atoms with Crippen molar-refractivity contribution in [2.75, 3.05) is 19.4 Å². The Morgan fingerprint density at radius 3 is 2.89 bits per heavy atom. The minimum absolute atomic E-state index is 0.0761. The third-order valence-corrected chi connectivity index (χ3v) is 5.64. The first kappa shape index (κ1) is 14.4. The Labute approximate surface area is 114 Å². The lowest BCUT2D eigenvalue weighted by Gasteiger charge is -2.38. The maximum absolute atomic E-state index is 12.3. The molecule has 1 saturated heterocycles. The van der Waals surface area contributed by atoms with E-state index in [1.165, 1.54) is 11.4 Å². The van der Waals surface area contributed by atoms with Crippen molar-refractivity contribution in [1.29, 1.82) is 0 Å². The van der Waals surface area contributed by atoms with Crippen molar-refractivity contribution in [2.45, 2.75) is 38.5 Å². The normalized spacial score (nSPS) is 23.5. The van der Waals surface area contributed by atoms with Crippen molar-refractivity contribution in [1.82, 2.24) is 4.31 Å². The molecule has 0 radical (unpaired) electrons. The molecular formula is C13H21NO4S. The largest absolute Gasteiger partial charge is 0.469 e. The van der Waals surface area contributed by atoms with Gasteiger partial charge in [0.25, 0.3) is 0 Å². The SMILES string of the molecule is COC(=O)CCS(=O)(=O)N1CCCC2CCCC=C21. The number of hydrogen-bond donors (Lipinski definition) is 0. The van der Waals surface area contributed by atoms with E-state index in [0.717, 1.165) is 37.8 Å². The van der Waals surface area contributed by atoms with E-state index in [1.54, 1.807) is 0 Å². The van der Waals surface area contributed by atoms with Crippen LogP contribution in [0.25, 0.3) is 0 Å². The van der Waals surface area contributed by atoms with E-state index in [4.69, 9.17) is 0 Å². The second-order valence-corrected chi connectivity index (χ2v) is 7.13. The average Bonchev–Trinajstić information content (AvgIpc) is 2.44.